The highest BCUT2D eigenvalue weighted by atomic mass is 19.2. The first kappa shape index (κ1) is 19.3. The number of nitrogens with zero attached hydrogens (tertiary/aromatic N) is 5. The van der Waals surface area contributed by atoms with Gasteiger partial charge in [-0.1, -0.05) is 6.07 Å². The third-order valence-corrected chi connectivity index (χ3v) is 7.11. The van der Waals surface area contributed by atoms with E-state index < -0.39 is 11.6 Å². The summed E-state index contributed by atoms with van der Waals surface area (Å²) in [6.07, 6.45) is 7.97. The minimum Gasteiger partial charge on any atom is -0.355 e. The van der Waals surface area contributed by atoms with Gasteiger partial charge in [-0.05, 0) is 73.9 Å². The summed E-state index contributed by atoms with van der Waals surface area (Å²) < 4.78 is 29.2. The monoisotopic (exact) mass is 431 g/mol. The van der Waals surface area contributed by atoms with Gasteiger partial charge in [-0.15, -0.1) is 0 Å². The van der Waals surface area contributed by atoms with Crippen LogP contribution in [0.5, 0.6) is 0 Å². The van der Waals surface area contributed by atoms with Crippen LogP contribution >= 0.6 is 0 Å². The largest absolute Gasteiger partial charge is 0.355 e. The molecule has 5 nitrogen and oxygen atoms in total. The average molecular weight is 431 g/mol. The van der Waals surface area contributed by atoms with Crippen molar-refractivity contribution in [1.82, 2.24) is 19.6 Å². The molecule has 0 unspecified atom stereocenters. The van der Waals surface area contributed by atoms with E-state index in [9.17, 15) is 8.78 Å². The molecule has 1 spiro atoms. The Kier molecular flexibility index (Phi) is 4.28. The van der Waals surface area contributed by atoms with Gasteiger partial charge in [0.1, 0.15) is 5.52 Å². The molecule has 0 atom stereocenters. The van der Waals surface area contributed by atoms with Crippen molar-refractivity contribution in [3.05, 3.63) is 77.4 Å². The molecule has 0 saturated carbocycles. The second kappa shape index (κ2) is 7.08. The summed E-state index contributed by atoms with van der Waals surface area (Å²) >= 11 is 0. The Morgan fingerprint density at radius 2 is 1.81 bits per heavy atom. The Morgan fingerprint density at radius 3 is 2.59 bits per heavy atom. The molecule has 32 heavy (non-hydrogen) atoms. The molecule has 7 heteroatoms. The molecule has 2 aliphatic rings. The zero-order chi connectivity index (χ0) is 21.9. The lowest BCUT2D eigenvalue weighted by Crippen LogP contribution is -2.41. The van der Waals surface area contributed by atoms with Crippen molar-refractivity contribution in [2.45, 2.75) is 32.6 Å². The van der Waals surface area contributed by atoms with E-state index in [-0.39, 0.29) is 0 Å². The van der Waals surface area contributed by atoms with Gasteiger partial charge in [0.2, 0.25) is 0 Å². The maximum absolute atomic E-state index is 13.9. The minimum absolute atomic E-state index is 0.296. The topological polar surface area (TPSA) is 46.3 Å². The number of hydrogen-bond donors (Lipinski definition) is 0. The third kappa shape index (κ3) is 2.98. The zero-order valence-corrected chi connectivity index (χ0v) is 17.9. The lowest BCUT2D eigenvalue weighted by atomic mass is 9.76. The summed E-state index contributed by atoms with van der Waals surface area (Å²) in [6.45, 7) is 3.74. The molecule has 1 fully saturated rings. The third-order valence-electron chi connectivity index (χ3n) is 7.11. The lowest BCUT2D eigenvalue weighted by Gasteiger charge is -2.40. The molecule has 1 aliphatic heterocycles. The second-order valence-electron chi connectivity index (χ2n) is 9.08. The first-order chi connectivity index (χ1) is 15.5. The van der Waals surface area contributed by atoms with E-state index in [0.29, 0.717) is 16.7 Å². The SMILES string of the molecule is Cc1nc(N2CCC3(CC2)Cc2cccnc2C3)c2ccnn2c1-c1ccc(F)c(F)c1. The summed E-state index contributed by atoms with van der Waals surface area (Å²) in [4.78, 5) is 11.8. The maximum Gasteiger partial charge on any atom is 0.159 e. The highest BCUT2D eigenvalue weighted by Gasteiger charge is 2.41. The number of pyridine rings is 1. The quantitative estimate of drug-likeness (QED) is 0.459. The fraction of sp³-hybridized carbons (Fsp3) is 0.320. The van der Waals surface area contributed by atoms with E-state index >= 15 is 0 Å². The van der Waals surface area contributed by atoms with Crippen molar-refractivity contribution in [2.75, 3.05) is 18.0 Å². The Labute approximate surface area is 184 Å². The van der Waals surface area contributed by atoms with Gasteiger partial charge >= 0.3 is 0 Å². The molecule has 6 rings (SSSR count). The number of fused-ring (bicyclic) bond motifs is 2. The average Bonchev–Trinajstić information content (AvgIpc) is 3.40. The number of aryl methyl sites for hydroxylation is 1. The van der Waals surface area contributed by atoms with Crippen LogP contribution in [0, 0.1) is 24.0 Å². The fourth-order valence-corrected chi connectivity index (χ4v) is 5.44. The summed E-state index contributed by atoms with van der Waals surface area (Å²) in [7, 11) is 0. The van der Waals surface area contributed by atoms with Gasteiger partial charge in [0.05, 0.1) is 17.6 Å². The fourth-order valence-electron chi connectivity index (χ4n) is 5.44. The number of piperidine rings is 1. The van der Waals surface area contributed by atoms with Crippen molar-refractivity contribution in [2.24, 2.45) is 5.41 Å². The van der Waals surface area contributed by atoms with Gasteiger partial charge in [0.15, 0.2) is 17.5 Å². The molecule has 0 amide bonds. The molecule has 0 N–H and O–H groups in total. The normalized spacial score (nSPS) is 17.3. The molecule has 1 aliphatic carbocycles. The van der Waals surface area contributed by atoms with Crippen molar-refractivity contribution in [3.63, 3.8) is 0 Å². The molecule has 1 saturated heterocycles. The Morgan fingerprint density at radius 1 is 0.969 bits per heavy atom. The van der Waals surface area contributed by atoms with Crippen LogP contribution in [0.1, 0.15) is 29.8 Å². The number of anilines is 1. The van der Waals surface area contributed by atoms with Crippen molar-refractivity contribution >= 4 is 11.3 Å². The predicted molar refractivity (Wildman–Crippen MR) is 119 cm³/mol. The summed E-state index contributed by atoms with van der Waals surface area (Å²) in [6, 6.07) is 10.1. The van der Waals surface area contributed by atoms with Crippen molar-refractivity contribution in [1.29, 1.82) is 0 Å². The minimum atomic E-state index is -0.875. The van der Waals surface area contributed by atoms with E-state index in [1.54, 1.807) is 16.8 Å². The van der Waals surface area contributed by atoms with Crippen molar-refractivity contribution in [3.8, 4) is 11.3 Å². The Balaban J connectivity index is 1.32. The van der Waals surface area contributed by atoms with Gasteiger partial charge in [0, 0.05) is 30.5 Å². The lowest BCUT2D eigenvalue weighted by molar-refractivity contribution is 0.231. The molecular weight excluding hydrogens is 408 g/mol. The smallest absolute Gasteiger partial charge is 0.159 e. The molecule has 1 aromatic carbocycles. The van der Waals surface area contributed by atoms with Crippen LogP contribution in [-0.2, 0) is 12.8 Å². The summed E-state index contributed by atoms with van der Waals surface area (Å²) in [5.74, 6) is -0.839. The van der Waals surface area contributed by atoms with E-state index in [1.807, 2.05) is 25.3 Å². The molecule has 162 valence electrons. The highest BCUT2D eigenvalue weighted by molar-refractivity contribution is 5.75. The predicted octanol–water partition coefficient (Wildman–Crippen LogP) is 4.76. The highest BCUT2D eigenvalue weighted by Crippen LogP contribution is 2.45. The van der Waals surface area contributed by atoms with E-state index in [2.05, 4.69) is 21.0 Å². The van der Waals surface area contributed by atoms with Gasteiger partial charge in [-0.3, -0.25) is 4.98 Å². The van der Waals surface area contributed by atoms with Crippen LogP contribution < -0.4 is 4.90 Å². The Hall–Kier alpha value is -3.35. The van der Waals surface area contributed by atoms with E-state index in [4.69, 9.17) is 4.98 Å². The van der Waals surface area contributed by atoms with Crippen LogP contribution in [0.3, 0.4) is 0 Å². The maximum atomic E-state index is 13.9. The van der Waals surface area contributed by atoms with Gasteiger partial charge in [-0.25, -0.2) is 18.3 Å². The molecule has 0 bridgehead atoms. The van der Waals surface area contributed by atoms with E-state index in [0.717, 1.165) is 61.9 Å². The van der Waals surface area contributed by atoms with Crippen molar-refractivity contribution < 1.29 is 8.78 Å². The standard InChI is InChI=1S/C25H23F2N5/c1-16-23(17-4-5-19(26)20(27)13-17)32-22(6-10-29-32)24(30-16)31-11-7-25(8-12-31)14-18-3-2-9-28-21(18)15-25/h2-6,9-10,13H,7-8,11-12,14-15H2,1H3. The number of halogens is 2. The van der Waals surface area contributed by atoms with E-state index in [1.165, 1.54) is 17.3 Å². The van der Waals surface area contributed by atoms with Crippen LogP contribution in [0.2, 0.25) is 0 Å². The number of aromatic nitrogens is 4. The summed E-state index contributed by atoms with van der Waals surface area (Å²) in [5, 5.41) is 4.49. The number of hydrogen-bond acceptors (Lipinski definition) is 4. The number of benzene rings is 1. The molecule has 4 aromatic rings. The van der Waals surface area contributed by atoms with Crippen LogP contribution in [-0.4, -0.2) is 32.7 Å². The molecule has 4 heterocycles. The van der Waals surface area contributed by atoms with Crippen LogP contribution in [0.15, 0.2) is 48.8 Å². The van der Waals surface area contributed by atoms with Crippen LogP contribution in [0.25, 0.3) is 16.8 Å². The molecule has 3 aromatic heterocycles. The summed E-state index contributed by atoms with van der Waals surface area (Å²) in [5.41, 5.74) is 5.79. The van der Waals surface area contributed by atoms with Gasteiger partial charge in [-0.2, -0.15) is 5.10 Å². The number of rotatable bonds is 2. The molecular formula is C25H23F2N5. The molecule has 0 radical (unpaired) electrons. The van der Waals surface area contributed by atoms with Gasteiger partial charge < -0.3 is 4.90 Å². The first-order valence-corrected chi connectivity index (χ1v) is 11.0. The zero-order valence-electron chi connectivity index (χ0n) is 17.9. The second-order valence-corrected chi connectivity index (χ2v) is 9.08. The van der Waals surface area contributed by atoms with Crippen LogP contribution in [0.4, 0.5) is 14.6 Å². The first-order valence-electron chi connectivity index (χ1n) is 11.0. The van der Waals surface area contributed by atoms with Gasteiger partial charge in [0.25, 0.3) is 0 Å². The Bertz CT molecular complexity index is 1310.